The van der Waals surface area contributed by atoms with Crippen LogP contribution in [-0.4, -0.2) is 53.3 Å². The van der Waals surface area contributed by atoms with Crippen molar-refractivity contribution in [3.05, 3.63) is 0 Å². The predicted molar refractivity (Wildman–Crippen MR) is 48.0 cm³/mol. The second kappa shape index (κ2) is 6.14. The van der Waals surface area contributed by atoms with Crippen LogP contribution in [0.3, 0.4) is 0 Å². The molecule has 0 radical (unpaired) electrons. The third kappa shape index (κ3) is 2.91. The van der Waals surface area contributed by atoms with Gasteiger partial charge in [-0.3, -0.25) is 0 Å². The van der Waals surface area contributed by atoms with Gasteiger partial charge in [-0.15, -0.1) is 0 Å². The van der Waals surface area contributed by atoms with Crippen LogP contribution in [0.4, 0.5) is 74.6 Å². The van der Waals surface area contributed by atoms with Gasteiger partial charge in [0.2, 0.25) is 0 Å². The van der Waals surface area contributed by atoms with E-state index >= 15 is 0 Å². The molecular formula is C9HF17O2. The third-order valence-electron chi connectivity index (χ3n) is 3.27. The van der Waals surface area contributed by atoms with Crippen molar-refractivity contribution in [2.24, 2.45) is 5.41 Å². The molecule has 0 aliphatic carbocycles. The number of alkyl halides is 17. The normalized spacial score (nSPS) is 18.0. The lowest BCUT2D eigenvalue weighted by atomic mass is 9.69. The Kier molecular flexibility index (Phi) is 5.76. The Morgan fingerprint density at radius 1 is 0.500 bits per heavy atom. The number of carbonyl (C=O) groups is 1. The second-order valence-corrected chi connectivity index (χ2v) is 4.85. The van der Waals surface area contributed by atoms with Gasteiger partial charge < -0.3 is 5.11 Å². The molecule has 0 spiro atoms. The molecular weight excluding hydrogens is 463 g/mol. The maximum absolute atomic E-state index is 13.7. The van der Waals surface area contributed by atoms with Crippen LogP contribution >= 0.6 is 0 Å². The van der Waals surface area contributed by atoms with Gasteiger partial charge in [0.15, 0.2) is 0 Å². The maximum Gasteiger partial charge on any atom is 0.435 e. The van der Waals surface area contributed by atoms with Crippen molar-refractivity contribution >= 4 is 5.97 Å². The molecule has 0 rings (SSSR count). The highest BCUT2D eigenvalue weighted by molar-refractivity contribution is 5.78. The van der Waals surface area contributed by atoms with Crippen molar-refractivity contribution in [2.45, 2.75) is 42.2 Å². The average Bonchev–Trinajstić information content (AvgIpc) is 2.29. The molecule has 168 valence electrons. The van der Waals surface area contributed by atoms with Crippen molar-refractivity contribution in [3.8, 4) is 0 Å². The van der Waals surface area contributed by atoms with Crippen LogP contribution in [0.1, 0.15) is 0 Å². The quantitative estimate of drug-likeness (QED) is 0.575. The number of hydrogen-bond donors (Lipinski definition) is 1. The number of carboxylic acid groups (broad SMARTS) is 1. The van der Waals surface area contributed by atoms with E-state index in [-0.39, 0.29) is 0 Å². The Hall–Kier alpha value is -1.72. The first-order valence-electron chi connectivity index (χ1n) is 5.64. The molecule has 1 atom stereocenters. The van der Waals surface area contributed by atoms with E-state index in [1.807, 2.05) is 0 Å². The minimum absolute atomic E-state index is 4.73. The van der Waals surface area contributed by atoms with Crippen LogP contribution in [0, 0.1) is 5.41 Å². The molecule has 0 saturated carbocycles. The van der Waals surface area contributed by atoms with Gasteiger partial charge in [-0.1, -0.05) is 0 Å². The minimum atomic E-state index is -9.23. The molecule has 0 bridgehead atoms. The third-order valence-corrected chi connectivity index (χ3v) is 3.27. The molecule has 2 nitrogen and oxygen atoms in total. The lowest BCUT2D eigenvalue weighted by Crippen LogP contribution is -2.80. The van der Waals surface area contributed by atoms with Gasteiger partial charge in [0, 0.05) is 0 Å². The number of halogens is 17. The van der Waals surface area contributed by atoms with Gasteiger partial charge in [-0.25, -0.2) is 18.0 Å². The Bertz CT molecular complexity index is 568. The fourth-order valence-corrected chi connectivity index (χ4v) is 1.98. The smallest absolute Gasteiger partial charge is 0.435 e. The van der Waals surface area contributed by atoms with E-state index in [2.05, 4.69) is 0 Å². The van der Waals surface area contributed by atoms with Gasteiger partial charge in [-0.05, 0) is 0 Å². The summed E-state index contributed by atoms with van der Waals surface area (Å²) in [6.07, 6.45) is -34.2. The number of aliphatic carboxylic acids is 1. The topological polar surface area (TPSA) is 37.3 Å². The highest BCUT2D eigenvalue weighted by Crippen LogP contribution is 2.72. The Balaban J connectivity index is 7.84. The van der Waals surface area contributed by atoms with E-state index in [1.54, 1.807) is 0 Å². The SMILES string of the molecule is O=C(O)C(F)(F)[C@@](F)(C(F)(F)F)C(F)(F)C(C(F)(F)F)(C(F)(F)F)C(F)(F)F. The van der Waals surface area contributed by atoms with E-state index in [9.17, 15) is 79.4 Å². The summed E-state index contributed by atoms with van der Waals surface area (Å²) >= 11 is 0. The summed E-state index contributed by atoms with van der Waals surface area (Å²) in [6, 6.07) is 0. The lowest BCUT2D eigenvalue weighted by molar-refractivity contribution is -0.509. The first-order valence-corrected chi connectivity index (χ1v) is 5.64. The van der Waals surface area contributed by atoms with Gasteiger partial charge in [0.05, 0.1) is 0 Å². The molecule has 0 fully saturated rings. The fourth-order valence-electron chi connectivity index (χ4n) is 1.98. The zero-order chi connectivity index (χ0) is 23.6. The zero-order valence-corrected chi connectivity index (χ0v) is 11.8. The molecule has 0 aromatic rings. The summed E-state index contributed by atoms with van der Waals surface area (Å²) in [4.78, 5) is 9.97. The Morgan fingerprint density at radius 3 is 0.893 bits per heavy atom. The highest BCUT2D eigenvalue weighted by Gasteiger charge is 3.02. The van der Waals surface area contributed by atoms with E-state index < -0.39 is 53.6 Å². The van der Waals surface area contributed by atoms with Crippen molar-refractivity contribution in [1.82, 2.24) is 0 Å². The first kappa shape index (κ1) is 26.3. The zero-order valence-electron chi connectivity index (χ0n) is 11.8. The summed E-state index contributed by atoms with van der Waals surface area (Å²) in [7, 11) is 0. The number of carboxylic acids is 1. The monoisotopic (exact) mass is 464 g/mol. The Labute approximate surface area is 139 Å². The molecule has 0 heterocycles. The van der Waals surface area contributed by atoms with Crippen molar-refractivity contribution in [3.63, 3.8) is 0 Å². The van der Waals surface area contributed by atoms with E-state index in [1.165, 1.54) is 0 Å². The predicted octanol–water partition coefficient (Wildman–Crippen LogP) is 5.29. The molecule has 0 aliphatic rings. The first-order chi connectivity index (χ1) is 11.7. The molecule has 0 aromatic carbocycles. The van der Waals surface area contributed by atoms with E-state index in [0.29, 0.717) is 0 Å². The Morgan fingerprint density at radius 2 is 0.750 bits per heavy atom. The van der Waals surface area contributed by atoms with Gasteiger partial charge in [0.25, 0.3) is 0 Å². The largest absolute Gasteiger partial charge is 0.477 e. The summed E-state index contributed by atoms with van der Waals surface area (Å²) in [6.45, 7) is 0. The number of rotatable bonds is 4. The van der Waals surface area contributed by atoms with Crippen molar-refractivity contribution in [1.29, 1.82) is 0 Å². The van der Waals surface area contributed by atoms with Crippen LogP contribution in [0.5, 0.6) is 0 Å². The molecule has 1 N–H and O–H groups in total. The van der Waals surface area contributed by atoms with Crippen LogP contribution in [0.15, 0.2) is 0 Å². The van der Waals surface area contributed by atoms with Crippen LogP contribution in [-0.2, 0) is 4.79 Å². The van der Waals surface area contributed by atoms with E-state index in [0.717, 1.165) is 0 Å². The van der Waals surface area contributed by atoms with Crippen molar-refractivity contribution < 1.29 is 84.5 Å². The summed E-state index contributed by atoms with van der Waals surface area (Å²) in [5.74, 6) is -21.9. The van der Waals surface area contributed by atoms with Crippen LogP contribution < -0.4 is 0 Å². The van der Waals surface area contributed by atoms with E-state index in [4.69, 9.17) is 5.11 Å². The maximum atomic E-state index is 13.7. The molecule has 28 heavy (non-hydrogen) atoms. The summed E-state index contributed by atoms with van der Waals surface area (Å²) in [5.41, 5.74) is -17.9. The van der Waals surface area contributed by atoms with Crippen LogP contribution in [0.25, 0.3) is 0 Å². The van der Waals surface area contributed by atoms with Crippen LogP contribution in [0.2, 0.25) is 0 Å². The number of hydrogen-bond acceptors (Lipinski definition) is 1. The molecule has 0 unspecified atom stereocenters. The highest BCUT2D eigenvalue weighted by atomic mass is 19.4. The van der Waals surface area contributed by atoms with Gasteiger partial charge in [-0.2, -0.15) is 61.5 Å². The summed E-state index contributed by atoms with van der Waals surface area (Å²) in [5, 5.41) is 7.71. The summed E-state index contributed by atoms with van der Waals surface area (Å²) < 4.78 is 217. The second-order valence-electron chi connectivity index (χ2n) is 4.85. The minimum Gasteiger partial charge on any atom is -0.477 e. The molecule has 19 heteroatoms. The van der Waals surface area contributed by atoms with Gasteiger partial charge in [0.1, 0.15) is 0 Å². The molecule has 0 aromatic heterocycles. The van der Waals surface area contributed by atoms with Crippen molar-refractivity contribution in [2.75, 3.05) is 0 Å². The fraction of sp³-hybridized carbons (Fsp3) is 0.889. The lowest BCUT2D eigenvalue weighted by Gasteiger charge is -2.49. The molecule has 0 amide bonds. The standard InChI is InChI=1S/C9HF17O2/c10-2(11,1(27)28)4(12,9(24,25)26)5(13,14)3(6(15,16)17,7(18,19)20)8(21,22)23/h(H,27,28)/t4-/m0/s1. The molecule has 0 saturated heterocycles. The molecule has 0 aliphatic heterocycles. The van der Waals surface area contributed by atoms with Gasteiger partial charge >= 0.3 is 53.6 Å². The average molecular weight is 464 g/mol.